The number of rotatable bonds is 2. The van der Waals surface area contributed by atoms with Crippen LogP contribution in [0.15, 0.2) is 18.2 Å². The van der Waals surface area contributed by atoms with Crippen LogP contribution in [0.2, 0.25) is 0 Å². The maximum atomic E-state index is 12.9. The molecule has 8 heteroatoms. The molecule has 0 amide bonds. The van der Waals surface area contributed by atoms with E-state index in [9.17, 15) is 22.0 Å². The molecule has 0 saturated heterocycles. The number of hydrogen-bond acceptors (Lipinski definition) is 3. The third-order valence-corrected chi connectivity index (χ3v) is 2.05. The highest BCUT2D eigenvalue weighted by Gasteiger charge is 2.61. The van der Waals surface area contributed by atoms with Crippen molar-refractivity contribution in [3.05, 3.63) is 23.8 Å². The quantitative estimate of drug-likeness (QED) is 0.712. The van der Waals surface area contributed by atoms with Crippen LogP contribution in [0.3, 0.4) is 0 Å². The van der Waals surface area contributed by atoms with E-state index in [0.717, 1.165) is 6.07 Å². The van der Waals surface area contributed by atoms with Crippen molar-refractivity contribution in [3.8, 4) is 11.5 Å². The summed E-state index contributed by atoms with van der Waals surface area (Å²) in [6.07, 6.45) is -5.81. The van der Waals surface area contributed by atoms with Gasteiger partial charge in [0.2, 0.25) is 0 Å². The molecular weight excluding hydrogens is 249 g/mol. The molecule has 0 aliphatic rings. The Balaban J connectivity index is 3.16. The van der Waals surface area contributed by atoms with Gasteiger partial charge in [0, 0.05) is 6.07 Å². The van der Waals surface area contributed by atoms with Crippen LogP contribution in [-0.4, -0.2) is 22.3 Å². The van der Waals surface area contributed by atoms with E-state index in [4.69, 9.17) is 15.9 Å². The van der Waals surface area contributed by atoms with Crippen LogP contribution in [0.4, 0.5) is 22.0 Å². The molecule has 0 saturated carbocycles. The molecule has 0 spiro atoms. The molecule has 96 valence electrons. The normalized spacial score (nSPS) is 14.7. The van der Waals surface area contributed by atoms with Gasteiger partial charge >= 0.3 is 12.1 Å². The van der Waals surface area contributed by atoms with Gasteiger partial charge in [0.1, 0.15) is 17.5 Å². The molecule has 1 aromatic rings. The van der Waals surface area contributed by atoms with Gasteiger partial charge in [0.05, 0.1) is 0 Å². The van der Waals surface area contributed by atoms with Crippen LogP contribution in [0.25, 0.3) is 0 Å². The van der Waals surface area contributed by atoms with E-state index in [1.54, 1.807) is 0 Å². The van der Waals surface area contributed by atoms with E-state index in [1.165, 1.54) is 0 Å². The topological polar surface area (TPSA) is 66.5 Å². The van der Waals surface area contributed by atoms with Gasteiger partial charge in [-0.1, -0.05) is 0 Å². The SMILES string of the molecule is N[C@H](c1cc(O)cc(O)c1)C(F)(F)C(F)(F)F. The second-order valence-electron chi connectivity index (χ2n) is 3.38. The van der Waals surface area contributed by atoms with Gasteiger partial charge < -0.3 is 15.9 Å². The Kier molecular flexibility index (Phi) is 3.19. The fourth-order valence-electron chi connectivity index (χ4n) is 1.18. The Morgan fingerprint density at radius 1 is 0.941 bits per heavy atom. The molecule has 0 heterocycles. The maximum Gasteiger partial charge on any atom is 0.455 e. The molecule has 0 aliphatic heterocycles. The molecule has 1 aromatic carbocycles. The summed E-state index contributed by atoms with van der Waals surface area (Å²) in [5.74, 6) is -6.48. The van der Waals surface area contributed by atoms with E-state index >= 15 is 0 Å². The van der Waals surface area contributed by atoms with Crippen LogP contribution in [0, 0.1) is 0 Å². The van der Waals surface area contributed by atoms with Crippen molar-refractivity contribution < 1.29 is 32.2 Å². The largest absolute Gasteiger partial charge is 0.508 e. The summed E-state index contributed by atoms with van der Waals surface area (Å²) in [4.78, 5) is 0. The Morgan fingerprint density at radius 3 is 1.71 bits per heavy atom. The average molecular weight is 257 g/mol. The van der Waals surface area contributed by atoms with E-state index in [-0.39, 0.29) is 0 Å². The number of alkyl halides is 5. The zero-order chi connectivity index (χ0) is 13.4. The molecule has 0 fully saturated rings. The van der Waals surface area contributed by atoms with E-state index < -0.39 is 35.2 Å². The van der Waals surface area contributed by atoms with E-state index in [0.29, 0.717) is 12.1 Å². The first-order chi connectivity index (χ1) is 7.55. The molecule has 3 nitrogen and oxygen atoms in total. The highest BCUT2D eigenvalue weighted by Crippen LogP contribution is 2.44. The second-order valence-corrected chi connectivity index (χ2v) is 3.38. The Bertz CT molecular complexity index is 398. The van der Waals surface area contributed by atoms with Gasteiger partial charge in [-0.25, -0.2) is 0 Å². The molecule has 0 aliphatic carbocycles. The lowest BCUT2D eigenvalue weighted by Gasteiger charge is -2.26. The lowest BCUT2D eigenvalue weighted by molar-refractivity contribution is -0.291. The number of aromatic hydroxyl groups is 2. The molecule has 0 aromatic heterocycles. The monoisotopic (exact) mass is 257 g/mol. The minimum Gasteiger partial charge on any atom is -0.508 e. The van der Waals surface area contributed by atoms with E-state index in [1.807, 2.05) is 0 Å². The third-order valence-electron chi connectivity index (χ3n) is 2.05. The number of nitrogens with two attached hydrogens (primary N) is 1. The number of phenols is 2. The Labute approximate surface area is 92.3 Å². The van der Waals surface area contributed by atoms with Gasteiger partial charge in [0.25, 0.3) is 0 Å². The smallest absolute Gasteiger partial charge is 0.455 e. The van der Waals surface area contributed by atoms with E-state index in [2.05, 4.69) is 0 Å². The Hall–Kier alpha value is -1.57. The van der Waals surface area contributed by atoms with Crippen LogP contribution < -0.4 is 5.73 Å². The number of hydrogen-bond donors (Lipinski definition) is 3. The molecule has 1 atom stereocenters. The predicted octanol–water partition coefficient (Wildman–Crippen LogP) is 2.30. The van der Waals surface area contributed by atoms with Gasteiger partial charge in [-0.15, -0.1) is 0 Å². The molecule has 0 bridgehead atoms. The summed E-state index contributed by atoms with van der Waals surface area (Å²) in [7, 11) is 0. The highest BCUT2D eigenvalue weighted by atomic mass is 19.4. The van der Waals surface area contributed by atoms with Crippen molar-refractivity contribution in [1.82, 2.24) is 0 Å². The van der Waals surface area contributed by atoms with Crippen molar-refractivity contribution in [2.24, 2.45) is 5.73 Å². The van der Waals surface area contributed by atoms with Crippen LogP contribution in [0.1, 0.15) is 11.6 Å². The molecular formula is C9H8F5NO2. The summed E-state index contributed by atoms with van der Waals surface area (Å²) in [6.45, 7) is 0. The molecule has 1 rings (SSSR count). The predicted molar refractivity (Wildman–Crippen MR) is 47.7 cm³/mol. The highest BCUT2D eigenvalue weighted by molar-refractivity contribution is 5.38. The average Bonchev–Trinajstić information content (AvgIpc) is 2.13. The summed E-state index contributed by atoms with van der Waals surface area (Å²) < 4.78 is 61.8. The number of benzene rings is 1. The fraction of sp³-hybridized carbons (Fsp3) is 0.333. The summed E-state index contributed by atoms with van der Waals surface area (Å²) in [5, 5.41) is 17.9. The van der Waals surface area contributed by atoms with Gasteiger partial charge in [-0.3, -0.25) is 0 Å². The van der Waals surface area contributed by atoms with Crippen molar-refractivity contribution >= 4 is 0 Å². The zero-order valence-corrected chi connectivity index (χ0v) is 8.17. The third kappa shape index (κ3) is 2.57. The first-order valence-electron chi connectivity index (χ1n) is 4.28. The molecule has 4 N–H and O–H groups in total. The summed E-state index contributed by atoms with van der Waals surface area (Å²) >= 11 is 0. The van der Waals surface area contributed by atoms with Crippen LogP contribution >= 0.6 is 0 Å². The standard InChI is InChI=1S/C9H8F5NO2/c10-8(11,9(12,13)14)7(15)4-1-5(16)3-6(17)2-4/h1-3,7,16-17H,15H2/t7-/m1/s1. The van der Waals surface area contributed by atoms with Gasteiger partial charge in [-0.05, 0) is 17.7 Å². The lowest BCUT2D eigenvalue weighted by atomic mass is 10.0. The van der Waals surface area contributed by atoms with Crippen molar-refractivity contribution in [2.75, 3.05) is 0 Å². The molecule has 0 unspecified atom stereocenters. The number of phenolic OH excluding ortho intramolecular Hbond substituents is 2. The van der Waals surface area contributed by atoms with Crippen molar-refractivity contribution in [3.63, 3.8) is 0 Å². The van der Waals surface area contributed by atoms with Crippen LogP contribution in [0.5, 0.6) is 11.5 Å². The number of halogens is 5. The molecule has 17 heavy (non-hydrogen) atoms. The first kappa shape index (κ1) is 13.5. The van der Waals surface area contributed by atoms with Crippen molar-refractivity contribution in [1.29, 1.82) is 0 Å². The first-order valence-corrected chi connectivity index (χ1v) is 4.28. The Morgan fingerprint density at radius 2 is 1.35 bits per heavy atom. The van der Waals surface area contributed by atoms with Gasteiger partial charge in [0.15, 0.2) is 0 Å². The maximum absolute atomic E-state index is 12.9. The zero-order valence-electron chi connectivity index (χ0n) is 8.17. The second kappa shape index (κ2) is 4.02. The summed E-state index contributed by atoms with van der Waals surface area (Å²) in [5.41, 5.74) is 4.09. The summed E-state index contributed by atoms with van der Waals surface area (Å²) in [6, 6.07) is -0.670. The van der Waals surface area contributed by atoms with Crippen LogP contribution in [-0.2, 0) is 0 Å². The minimum absolute atomic E-state index is 0.629. The van der Waals surface area contributed by atoms with Crippen molar-refractivity contribution in [2.45, 2.75) is 18.1 Å². The van der Waals surface area contributed by atoms with Gasteiger partial charge in [-0.2, -0.15) is 22.0 Å². The molecule has 0 radical (unpaired) electrons. The fourth-order valence-corrected chi connectivity index (χ4v) is 1.18. The lowest BCUT2D eigenvalue weighted by Crippen LogP contribution is -2.45. The minimum atomic E-state index is -5.81.